The summed E-state index contributed by atoms with van der Waals surface area (Å²) in [5, 5.41) is 3.91. The van der Waals surface area contributed by atoms with Gasteiger partial charge >= 0.3 is 0 Å². The quantitative estimate of drug-likeness (QED) is 0.350. The molecule has 0 fully saturated rings. The molecule has 0 saturated carbocycles. The Hall–Kier alpha value is -4.05. The smallest absolute Gasteiger partial charge is 0.260 e. The molecule has 9 nitrogen and oxygen atoms in total. The van der Waals surface area contributed by atoms with Gasteiger partial charge in [0, 0.05) is 5.56 Å². The van der Waals surface area contributed by atoms with E-state index < -0.39 is 22.5 Å². The van der Waals surface area contributed by atoms with Gasteiger partial charge in [-0.15, -0.1) is 0 Å². The summed E-state index contributed by atoms with van der Waals surface area (Å²) in [6, 6.07) is 20.8. The summed E-state index contributed by atoms with van der Waals surface area (Å²) in [6.45, 7) is -0.454. The lowest BCUT2D eigenvalue weighted by Crippen LogP contribution is -2.39. The van der Waals surface area contributed by atoms with Crippen LogP contribution in [0.5, 0.6) is 23.0 Å². The molecule has 34 heavy (non-hydrogen) atoms. The van der Waals surface area contributed by atoms with Crippen LogP contribution >= 0.6 is 0 Å². The maximum Gasteiger partial charge on any atom is 0.260 e. The minimum Gasteiger partial charge on any atom is -0.493 e. The highest BCUT2D eigenvalue weighted by molar-refractivity contribution is 7.92. The average molecular weight is 484 g/mol. The number of rotatable bonds is 10. The Balaban J connectivity index is 1.69. The van der Waals surface area contributed by atoms with Crippen LogP contribution in [0.1, 0.15) is 5.56 Å². The summed E-state index contributed by atoms with van der Waals surface area (Å²) in [4.78, 5) is 12.4. The maximum atomic E-state index is 12.4. The molecule has 0 spiro atoms. The first-order valence-corrected chi connectivity index (χ1v) is 12.0. The molecule has 0 aliphatic carbocycles. The van der Waals surface area contributed by atoms with E-state index in [2.05, 4.69) is 10.5 Å². The molecule has 0 saturated heterocycles. The van der Waals surface area contributed by atoms with Crippen molar-refractivity contribution < 1.29 is 27.4 Å². The van der Waals surface area contributed by atoms with Crippen molar-refractivity contribution in [2.24, 2.45) is 5.10 Å². The topological polar surface area (TPSA) is 107 Å². The summed E-state index contributed by atoms with van der Waals surface area (Å²) < 4.78 is 41.9. The molecule has 0 aromatic heterocycles. The van der Waals surface area contributed by atoms with Crippen LogP contribution < -0.4 is 23.9 Å². The van der Waals surface area contributed by atoms with E-state index in [1.54, 1.807) is 42.5 Å². The van der Waals surface area contributed by atoms with Gasteiger partial charge in [-0.25, -0.2) is 13.8 Å². The molecule has 0 aliphatic heterocycles. The normalized spacial score (nSPS) is 11.1. The average Bonchev–Trinajstić information content (AvgIpc) is 2.83. The van der Waals surface area contributed by atoms with Crippen LogP contribution in [0.3, 0.4) is 0 Å². The van der Waals surface area contributed by atoms with E-state index in [-0.39, 0.29) is 0 Å². The fraction of sp³-hybridized carbons (Fsp3) is 0.167. The van der Waals surface area contributed by atoms with Crippen LogP contribution in [-0.4, -0.2) is 47.6 Å². The number of hydrogen-bond acceptors (Lipinski definition) is 7. The molecule has 1 N–H and O–H groups in total. The van der Waals surface area contributed by atoms with E-state index in [1.165, 1.54) is 20.4 Å². The number of nitrogens with zero attached hydrogens (tertiary/aromatic N) is 2. The molecule has 178 valence electrons. The van der Waals surface area contributed by atoms with Gasteiger partial charge in [-0.05, 0) is 48.5 Å². The molecule has 0 radical (unpaired) electrons. The van der Waals surface area contributed by atoms with Crippen molar-refractivity contribution in [2.45, 2.75) is 0 Å². The number of hydrogen-bond donors (Lipinski definition) is 1. The Morgan fingerprint density at radius 3 is 2.24 bits per heavy atom. The van der Waals surface area contributed by atoms with Crippen molar-refractivity contribution in [1.82, 2.24) is 5.43 Å². The fourth-order valence-corrected chi connectivity index (χ4v) is 3.91. The molecule has 1 amide bonds. The van der Waals surface area contributed by atoms with Crippen LogP contribution in [0.2, 0.25) is 0 Å². The third-order valence-electron chi connectivity index (χ3n) is 4.62. The third kappa shape index (κ3) is 6.48. The van der Waals surface area contributed by atoms with Crippen molar-refractivity contribution in [3.05, 3.63) is 78.4 Å². The molecule has 0 atom stereocenters. The largest absolute Gasteiger partial charge is 0.493 e. The monoisotopic (exact) mass is 483 g/mol. The van der Waals surface area contributed by atoms with Crippen LogP contribution in [-0.2, 0) is 14.8 Å². The third-order valence-corrected chi connectivity index (χ3v) is 5.76. The number of amides is 1. The van der Waals surface area contributed by atoms with E-state index in [4.69, 9.17) is 14.2 Å². The van der Waals surface area contributed by atoms with Crippen molar-refractivity contribution >= 4 is 27.8 Å². The Kier molecular flexibility index (Phi) is 8.10. The predicted octanol–water partition coefficient (Wildman–Crippen LogP) is 3.41. The first-order chi connectivity index (χ1) is 16.3. The van der Waals surface area contributed by atoms with Crippen LogP contribution in [0.15, 0.2) is 77.9 Å². The second-order valence-electron chi connectivity index (χ2n) is 7.05. The number of benzene rings is 3. The van der Waals surface area contributed by atoms with E-state index in [0.717, 1.165) is 10.6 Å². The lowest BCUT2D eigenvalue weighted by atomic mass is 10.2. The van der Waals surface area contributed by atoms with E-state index >= 15 is 0 Å². The minimum absolute atomic E-state index is 0.316. The van der Waals surface area contributed by atoms with Gasteiger partial charge in [-0.3, -0.25) is 9.10 Å². The van der Waals surface area contributed by atoms with Gasteiger partial charge in [0.15, 0.2) is 11.5 Å². The summed E-state index contributed by atoms with van der Waals surface area (Å²) in [5.41, 5.74) is 3.24. The molecule has 0 aliphatic rings. The summed E-state index contributed by atoms with van der Waals surface area (Å²) in [7, 11) is -0.730. The number of sulfonamides is 1. The predicted molar refractivity (Wildman–Crippen MR) is 130 cm³/mol. The van der Waals surface area contributed by atoms with E-state index in [0.29, 0.717) is 34.2 Å². The number of hydrazone groups is 1. The zero-order valence-electron chi connectivity index (χ0n) is 19.0. The van der Waals surface area contributed by atoms with Gasteiger partial charge in [0.2, 0.25) is 10.0 Å². The SMILES string of the molecule is COc1cccc(/C=N\NC(=O)CN(c2ccc(Oc3ccccc3)cc2)S(C)(=O)=O)c1OC. The van der Waals surface area contributed by atoms with Crippen molar-refractivity contribution in [3.63, 3.8) is 0 Å². The van der Waals surface area contributed by atoms with Gasteiger partial charge < -0.3 is 14.2 Å². The van der Waals surface area contributed by atoms with Gasteiger partial charge in [-0.2, -0.15) is 5.10 Å². The first kappa shape index (κ1) is 24.6. The molecule has 0 heterocycles. The van der Waals surface area contributed by atoms with Gasteiger partial charge in [0.25, 0.3) is 5.91 Å². The first-order valence-electron chi connectivity index (χ1n) is 10.2. The standard InChI is InChI=1S/C24H25N3O6S/c1-31-22-11-7-8-18(24(22)32-2)16-25-26-23(28)17-27(34(3,29)30)19-12-14-21(15-13-19)33-20-9-5-4-6-10-20/h4-16H,17H2,1-3H3,(H,26,28)/b25-16-. The Morgan fingerprint density at radius 1 is 0.941 bits per heavy atom. The highest BCUT2D eigenvalue weighted by atomic mass is 32.2. The van der Waals surface area contributed by atoms with Crippen LogP contribution in [0.25, 0.3) is 0 Å². The van der Waals surface area contributed by atoms with Gasteiger partial charge in [0.05, 0.1) is 32.4 Å². The maximum absolute atomic E-state index is 12.4. The lowest BCUT2D eigenvalue weighted by molar-refractivity contribution is -0.119. The Morgan fingerprint density at radius 2 is 1.62 bits per heavy atom. The van der Waals surface area contributed by atoms with Crippen LogP contribution in [0.4, 0.5) is 5.69 Å². The second-order valence-corrected chi connectivity index (χ2v) is 8.96. The van der Waals surface area contributed by atoms with Gasteiger partial charge in [0.1, 0.15) is 18.0 Å². The number of methoxy groups -OCH3 is 2. The molecular formula is C24H25N3O6S. The van der Waals surface area contributed by atoms with E-state index in [9.17, 15) is 13.2 Å². The van der Waals surface area contributed by atoms with Gasteiger partial charge in [-0.1, -0.05) is 24.3 Å². The molecular weight excluding hydrogens is 458 g/mol. The number of para-hydroxylation sites is 2. The zero-order valence-corrected chi connectivity index (χ0v) is 19.8. The molecule has 3 aromatic rings. The number of ether oxygens (including phenoxy) is 3. The molecule has 3 aromatic carbocycles. The molecule has 0 bridgehead atoms. The fourth-order valence-electron chi connectivity index (χ4n) is 3.06. The summed E-state index contributed by atoms with van der Waals surface area (Å²) in [6.07, 6.45) is 2.42. The van der Waals surface area contributed by atoms with Crippen molar-refractivity contribution in [2.75, 3.05) is 31.3 Å². The Bertz CT molecular complexity index is 1250. The number of anilines is 1. The van der Waals surface area contributed by atoms with E-state index in [1.807, 2.05) is 30.3 Å². The molecule has 0 unspecified atom stereocenters. The second kappa shape index (κ2) is 11.2. The highest BCUT2D eigenvalue weighted by Crippen LogP contribution is 2.29. The zero-order chi connectivity index (χ0) is 24.6. The molecule has 10 heteroatoms. The number of carbonyl (C=O) groups is 1. The lowest BCUT2D eigenvalue weighted by Gasteiger charge is -2.21. The molecule has 3 rings (SSSR count). The highest BCUT2D eigenvalue weighted by Gasteiger charge is 2.21. The minimum atomic E-state index is -3.74. The Labute approximate surface area is 198 Å². The van der Waals surface area contributed by atoms with Crippen molar-refractivity contribution in [3.8, 4) is 23.0 Å². The van der Waals surface area contributed by atoms with Crippen LogP contribution in [0, 0.1) is 0 Å². The summed E-state index contributed by atoms with van der Waals surface area (Å²) >= 11 is 0. The summed E-state index contributed by atoms with van der Waals surface area (Å²) in [5.74, 6) is 1.54. The number of carbonyl (C=O) groups excluding carboxylic acids is 1. The van der Waals surface area contributed by atoms with Crippen molar-refractivity contribution in [1.29, 1.82) is 0 Å². The number of nitrogens with one attached hydrogen (secondary N) is 1.